The Bertz CT molecular complexity index is 691. The van der Waals surface area contributed by atoms with E-state index in [1.54, 1.807) is 0 Å². The van der Waals surface area contributed by atoms with Gasteiger partial charge in [0.15, 0.2) is 5.78 Å². The zero-order chi connectivity index (χ0) is 18.2. The van der Waals surface area contributed by atoms with Crippen LogP contribution >= 0.6 is 0 Å². The van der Waals surface area contributed by atoms with E-state index in [1.807, 2.05) is 0 Å². The summed E-state index contributed by atoms with van der Waals surface area (Å²) < 4.78 is 11.2. The topological polar surface area (TPSA) is 69.7 Å². The van der Waals surface area contributed by atoms with Gasteiger partial charge in [-0.3, -0.25) is 14.4 Å². The Morgan fingerprint density at radius 2 is 2.00 bits per heavy atom. The average molecular weight is 358 g/mol. The molecular weight excluding hydrogens is 332 g/mol. The molecule has 1 spiro atoms. The van der Waals surface area contributed by atoms with Gasteiger partial charge < -0.3 is 9.47 Å². The van der Waals surface area contributed by atoms with Crippen molar-refractivity contribution in [3.05, 3.63) is 12.2 Å². The van der Waals surface area contributed by atoms with Gasteiger partial charge in [0.05, 0.1) is 0 Å². The van der Waals surface area contributed by atoms with Gasteiger partial charge in [-0.1, -0.05) is 19.1 Å². The summed E-state index contributed by atoms with van der Waals surface area (Å²) in [5.74, 6) is 1.37. The van der Waals surface area contributed by atoms with E-state index in [1.165, 1.54) is 6.92 Å². The molecule has 9 atom stereocenters. The molecule has 5 nitrogen and oxygen atoms in total. The molecule has 0 N–H and O–H groups in total. The summed E-state index contributed by atoms with van der Waals surface area (Å²) in [7, 11) is 0. The Morgan fingerprint density at radius 1 is 1.19 bits per heavy atom. The third-order valence-corrected chi connectivity index (χ3v) is 7.97. The van der Waals surface area contributed by atoms with Gasteiger partial charge >= 0.3 is 11.9 Å². The third kappa shape index (κ3) is 2.06. The first-order chi connectivity index (χ1) is 12.4. The molecule has 9 unspecified atom stereocenters. The van der Waals surface area contributed by atoms with E-state index in [4.69, 9.17) is 9.47 Å². The second kappa shape index (κ2) is 5.43. The third-order valence-electron chi connectivity index (χ3n) is 7.97. The number of fused-ring (bicyclic) bond motifs is 5. The van der Waals surface area contributed by atoms with Gasteiger partial charge in [-0.2, -0.15) is 0 Å². The van der Waals surface area contributed by atoms with Gasteiger partial charge in [-0.25, -0.2) is 0 Å². The number of ether oxygens (including phenoxy) is 2. The van der Waals surface area contributed by atoms with Crippen LogP contribution in [0, 0.1) is 40.9 Å². The van der Waals surface area contributed by atoms with Gasteiger partial charge in [-0.15, -0.1) is 0 Å². The lowest BCUT2D eigenvalue weighted by Crippen LogP contribution is -2.62. The lowest BCUT2D eigenvalue weighted by atomic mass is 9.49. The highest BCUT2D eigenvalue weighted by Gasteiger charge is 2.66. The fourth-order valence-corrected chi connectivity index (χ4v) is 6.94. The fourth-order valence-electron chi connectivity index (χ4n) is 6.94. The van der Waals surface area contributed by atoms with Crippen LogP contribution in [-0.4, -0.2) is 29.9 Å². The quantitative estimate of drug-likeness (QED) is 0.409. The average Bonchev–Trinajstić information content (AvgIpc) is 2.88. The van der Waals surface area contributed by atoms with Crippen LogP contribution in [0.4, 0.5) is 0 Å². The number of carbonyl (C=O) groups is 3. The van der Waals surface area contributed by atoms with Crippen LogP contribution < -0.4 is 0 Å². The van der Waals surface area contributed by atoms with E-state index in [2.05, 4.69) is 19.1 Å². The molecule has 4 aliphatic carbocycles. The van der Waals surface area contributed by atoms with Crippen molar-refractivity contribution >= 4 is 17.7 Å². The second-order valence-electron chi connectivity index (χ2n) is 9.24. The van der Waals surface area contributed by atoms with Crippen LogP contribution in [0.3, 0.4) is 0 Å². The van der Waals surface area contributed by atoms with E-state index < -0.39 is 5.41 Å². The minimum atomic E-state index is -0.894. The van der Waals surface area contributed by atoms with Gasteiger partial charge in [0.25, 0.3) is 0 Å². The van der Waals surface area contributed by atoms with Crippen LogP contribution in [0.1, 0.15) is 46.0 Å². The molecule has 5 heteroatoms. The van der Waals surface area contributed by atoms with E-state index in [-0.39, 0.29) is 41.8 Å². The van der Waals surface area contributed by atoms with Gasteiger partial charge in [0.1, 0.15) is 17.6 Å². The monoisotopic (exact) mass is 358 g/mol. The summed E-state index contributed by atoms with van der Waals surface area (Å²) in [5.41, 5.74) is -0.894. The Hall–Kier alpha value is -1.65. The van der Waals surface area contributed by atoms with Crippen molar-refractivity contribution in [2.45, 2.75) is 58.2 Å². The fraction of sp³-hybridized carbons (Fsp3) is 0.762. The minimum absolute atomic E-state index is 0.0883. The first-order valence-electron chi connectivity index (χ1n) is 10.00. The SMILES string of the molecule is CC(=O)OC1C(C)CC2C1C=CC1CC3CC4CC(=O)C3(CC12)C(=O)O4. The number of hydrogen-bond acceptors (Lipinski definition) is 5. The number of Topliss-reactive ketones (excluding diaryl/α,β-unsaturated/α-hetero) is 1. The van der Waals surface area contributed by atoms with Crippen LogP contribution in [0.5, 0.6) is 0 Å². The molecule has 5 fully saturated rings. The molecule has 2 aliphatic heterocycles. The predicted octanol–water partition coefficient (Wildman–Crippen LogP) is 2.68. The maximum absolute atomic E-state index is 12.9. The Kier molecular flexibility index (Phi) is 3.45. The Balaban J connectivity index is 1.48. The van der Waals surface area contributed by atoms with Crippen molar-refractivity contribution < 1.29 is 23.9 Å². The molecule has 0 amide bonds. The van der Waals surface area contributed by atoms with Crippen molar-refractivity contribution in [3.8, 4) is 0 Å². The number of allylic oxidation sites excluding steroid dienone is 1. The van der Waals surface area contributed by atoms with E-state index in [9.17, 15) is 14.4 Å². The molecule has 6 rings (SSSR count). The van der Waals surface area contributed by atoms with E-state index in [0.717, 1.165) is 19.3 Å². The molecule has 26 heavy (non-hydrogen) atoms. The molecular formula is C21H26O5. The molecule has 3 saturated carbocycles. The number of rotatable bonds is 1. The number of hydrogen-bond donors (Lipinski definition) is 0. The molecule has 0 aromatic carbocycles. The maximum Gasteiger partial charge on any atom is 0.320 e. The molecule has 2 saturated heterocycles. The summed E-state index contributed by atoms with van der Waals surface area (Å²) in [5, 5.41) is 0. The molecule has 0 aromatic heterocycles. The predicted molar refractivity (Wildman–Crippen MR) is 91.7 cm³/mol. The van der Waals surface area contributed by atoms with Crippen molar-refractivity contribution in [1.82, 2.24) is 0 Å². The standard InChI is InChI=1S/C21H26O5/c1-10-5-16-15(19(10)25-11(2)22)4-3-12-6-13-7-14-8-18(23)21(13,9-17(12)16)20(24)26-14/h3-4,10,12-17,19H,5-9H2,1-2H3. The first kappa shape index (κ1) is 16.5. The van der Waals surface area contributed by atoms with Gasteiger partial charge in [0.2, 0.25) is 0 Å². The largest absolute Gasteiger partial charge is 0.462 e. The number of esters is 2. The van der Waals surface area contributed by atoms with Crippen LogP contribution in [0.15, 0.2) is 12.2 Å². The Morgan fingerprint density at radius 3 is 2.73 bits per heavy atom. The van der Waals surface area contributed by atoms with E-state index >= 15 is 0 Å². The molecule has 0 aromatic rings. The van der Waals surface area contributed by atoms with E-state index in [0.29, 0.717) is 36.5 Å². The highest BCUT2D eigenvalue weighted by atomic mass is 16.6. The Labute approximate surface area is 153 Å². The van der Waals surface area contributed by atoms with Gasteiger partial charge in [0, 0.05) is 19.3 Å². The van der Waals surface area contributed by atoms with Crippen LogP contribution in [0.25, 0.3) is 0 Å². The molecule has 140 valence electrons. The molecule has 0 radical (unpaired) electrons. The van der Waals surface area contributed by atoms with Crippen molar-refractivity contribution in [2.24, 2.45) is 40.9 Å². The minimum Gasteiger partial charge on any atom is -0.462 e. The first-order valence-corrected chi connectivity index (χ1v) is 10.00. The summed E-state index contributed by atoms with van der Waals surface area (Å²) in [6.07, 6.45) is 8.01. The highest BCUT2D eigenvalue weighted by molar-refractivity contribution is 6.07. The highest BCUT2D eigenvalue weighted by Crippen LogP contribution is 2.61. The van der Waals surface area contributed by atoms with Crippen LogP contribution in [0.2, 0.25) is 0 Å². The van der Waals surface area contributed by atoms with Crippen LogP contribution in [-0.2, 0) is 23.9 Å². The number of carbonyl (C=O) groups excluding carboxylic acids is 3. The lowest BCUT2D eigenvalue weighted by Gasteiger charge is -2.56. The summed E-state index contributed by atoms with van der Waals surface area (Å²) >= 11 is 0. The van der Waals surface area contributed by atoms with Gasteiger partial charge in [-0.05, 0) is 55.3 Å². The summed E-state index contributed by atoms with van der Waals surface area (Å²) in [6.45, 7) is 3.61. The molecule has 2 heterocycles. The summed E-state index contributed by atoms with van der Waals surface area (Å²) in [4.78, 5) is 37.1. The lowest BCUT2D eigenvalue weighted by molar-refractivity contribution is -0.202. The maximum atomic E-state index is 12.9. The summed E-state index contributed by atoms with van der Waals surface area (Å²) in [6, 6.07) is 0. The molecule has 2 bridgehead atoms. The number of ketones is 1. The normalized spacial score (nSPS) is 51.3. The smallest absolute Gasteiger partial charge is 0.320 e. The van der Waals surface area contributed by atoms with Crippen molar-refractivity contribution in [1.29, 1.82) is 0 Å². The zero-order valence-electron chi connectivity index (χ0n) is 15.4. The van der Waals surface area contributed by atoms with Crippen molar-refractivity contribution in [3.63, 3.8) is 0 Å². The molecule has 6 aliphatic rings. The van der Waals surface area contributed by atoms with Crippen molar-refractivity contribution in [2.75, 3.05) is 0 Å². The second-order valence-corrected chi connectivity index (χ2v) is 9.24. The zero-order valence-corrected chi connectivity index (χ0v) is 15.4.